The first-order valence-electron chi connectivity index (χ1n) is 4.90. The summed E-state index contributed by atoms with van der Waals surface area (Å²) in [6.07, 6.45) is 1.25. The molecule has 2 unspecified atom stereocenters. The van der Waals surface area contributed by atoms with Crippen molar-refractivity contribution in [1.29, 1.82) is 0 Å². The van der Waals surface area contributed by atoms with Crippen molar-refractivity contribution in [3.63, 3.8) is 0 Å². The molecular weight excluding hydrogens is 196 g/mol. The van der Waals surface area contributed by atoms with Crippen molar-refractivity contribution in [3.8, 4) is 0 Å². The third-order valence-electron chi connectivity index (χ3n) is 2.79. The fraction of sp³-hybridized carbons (Fsp3) is 0.455. The summed E-state index contributed by atoms with van der Waals surface area (Å²) >= 11 is 5.96. The third-order valence-corrected chi connectivity index (χ3v) is 3.12. The molecule has 2 nitrogen and oxygen atoms in total. The van der Waals surface area contributed by atoms with Crippen LogP contribution in [0.4, 0.5) is 11.4 Å². The van der Waals surface area contributed by atoms with Crippen molar-refractivity contribution in [2.45, 2.75) is 26.3 Å². The Bertz CT molecular complexity index is 363. The van der Waals surface area contributed by atoms with E-state index < -0.39 is 0 Å². The van der Waals surface area contributed by atoms with E-state index in [2.05, 4.69) is 12.2 Å². The van der Waals surface area contributed by atoms with Gasteiger partial charge in [-0.1, -0.05) is 18.5 Å². The first-order chi connectivity index (χ1) is 6.58. The van der Waals surface area contributed by atoms with E-state index in [4.69, 9.17) is 17.3 Å². The zero-order valence-electron chi connectivity index (χ0n) is 8.47. The number of benzene rings is 1. The second-order valence-corrected chi connectivity index (χ2v) is 4.56. The van der Waals surface area contributed by atoms with E-state index in [1.54, 1.807) is 0 Å². The van der Waals surface area contributed by atoms with Gasteiger partial charge in [-0.15, -0.1) is 0 Å². The maximum absolute atomic E-state index is 5.96. The molecule has 1 aromatic carbocycles. The van der Waals surface area contributed by atoms with Crippen molar-refractivity contribution in [1.82, 2.24) is 0 Å². The molecule has 1 saturated carbocycles. The molecule has 0 aromatic heterocycles. The van der Waals surface area contributed by atoms with E-state index >= 15 is 0 Å². The van der Waals surface area contributed by atoms with Gasteiger partial charge in [0.15, 0.2) is 0 Å². The van der Waals surface area contributed by atoms with Crippen LogP contribution in [0, 0.1) is 12.8 Å². The number of hydrogen-bond donors (Lipinski definition) is 2. The number of rotatable bonds is 2. The van der Waals surface area contributed by atoms with Gasteiger partial charge in [-0.05, 0) is 37.0 Å². The summed E-state index contributed by atoms with van der Waals surface area (Å²) in [5.41, 5.74) is 8.62. The largest absolute Gasteiger partial charge is 0.398 e. The Morgan fingerprint density at radius 2 is 2.14 bits per heavy atom. The molecule has 0 amide bonds. The van der Waals surface area contributed by atoms with Crippen LogP contribution in [-0.2, 0) is 0 Å². The molecule has 2 atom stereocenters. The Morgan fingerprint density at radius 3 is 2.71 bits per heavy atom. The van der Waals surface area contributed by atoms with Crippen LogP contribution in [0.1, 0.15) is 18.9 Å². The molecule has 2 rings (SSSR count). The number of nitrogens with two attached hydrogens (primary N) is 1. The Morgan fingerprint density at radius 1 is 1.50 bits per heavy atom. The Labute approximate surface area is 89.4 Å². The van der Waals surface area contributed by atoms with Crippen LogP contribution < -0.4 is 11.1 Å². The third kappa shape index (κ3) is 1.80. The normalized spacial score (nSPS) is 24.8. The molecule has 1 fully saturated rings. The molecule has 3 N–H and O–H groups in total. The number of nitrogens with one attached hydrogen (secondary N) is 1. The second-order valence-electron chi connectivity index (χ2n) is 4.15. The van der Waals surface area contributed by atoms with Crippen LogP contribution >= 0.6 is 11.6 Å². The van der Waals surface area contributed by atoms with Crippen LogP contribution in [-0.4, -0.2) is 6.04 Å². The maximum Gasteiger partial charge on any atom is 0.0656 e. The lowest BCUT2D eigenvalue weighted by Gasteiger charge is -2.10. The molecule has 1 aliphatic carbocycles. The molecule has 76 valence electrons. The second kappa shape index (κ2) is 3.35. The number of aryl methyl sites for hydroxylation is 1. The van der Waals surface area contributed by atoms with E-state index in [-0.39, 0.29) is 0 Å². The van der Waals surface area contributed by atoms with Crippen molar-refractivity contribution in [2.75, 3.05) is 11.1 Å². The van der Waals surface area contributed by atoms with Gasteiger partial charge in [-0.2, -0.15) is 0 Å². The van der Waals surface area contributed by atoms with Gasteiger partial charge in [0.05, 0.1) is 10.7 Å². The standard InChI is InChI=1S/C11H15ClN2/c1-6-3-9(13)8(12)5-11(6)14-10-4-7(10)2/h3,5,7,10,14H,4,13H2,1-2H3. The van der Waals surface area contributed by atoms with E-state index in [0.717, 1.165) is 17.2 Å². The van der Waals surface area contributed by atoms with Crippen LogP contribution in [0.3, 0.4) is 0 Å². The highest BCUT2D eigenvalue weighted by Crippen LogP contribution is 2.35. The molecule has 0 heterocycles. The smallest absolute Gasteiger partial charge is 0.0656 e. The number of nitrogen functional groups attached to an aromatic ring is 1. The molecule has 0 radical (unpaired) electrons. The van der Waals surface area contributed by atoms with Gasteiger partial charge in [-0.25, -0.2) is 0 Å². The van der Waals surface area contributed by atoms with Crippen LogP contribution in [0.25, 0.3) is 0 Å². The van der Waals surface area contributed by atoms with Gasteiger partial charge < -0.3 is 11.1 Å². The summed E-state index contributed by atoms with van der Waals surface area (Å²) in [7, 11) is 0. The van der Waals surface area contributed by atoms with Crippen LogP contribution in [0.2, 0.25) is 5.02 Å². The molecule has 0 bridgehead atoms. The van der Waals surface area contributed by atoms with Gasteiger partial charge in [0.25, 0.3) is 0 Å². The van der Waals surface area contributed by atoms with Crippen molar-refractivity contribution < 1.29 is 0 Å². The van der Waals surface area contributed by atoms with Gasteiger partial charge in [-0.3, -0.25) is 0 Å². The Kier molecular flexibility index (Phi) is 2.31. The van der Waals surface area contributed by atoms with E-state index in [1.165, 1.54) is 6.42 Å². The fourth-order valence-corrected chi connectivity index (χ4v) is 1.75. The highest BCUT2D eigenvalue weighted by atomic mass is 35.5. The van der Waals surface area contributed by atoms with E-state index in [0.29, 0.717) is 16.8 Å². The van der Waals surface area contributed by atoms with E-state index in [1.807, 2.05) is 19.1 Å². The summed E-state index contributed by atoms with van der Waals surface area (Å²) in [5, 5.41) is 4.09. The van der Waals surface area contributed by atoms with Gasteiger partial charge in [0.2, 0.25) is 0 Å². The van der Waals surface area contributed by atoms with Crippen LogP contribution in [0.15, 0.2) is 12.1 Å². The molecule has 0 saturated heterocycles. The van der Waals surface area contributed by atoms with Crippen molar-refractivity contribution >= 4 is 23.0 Å². The minimum Gasteiger partial charge on any atom is -0.398 e. The fourth-order valence-electron chi connectivity index (χ4n) is 1.58. The molecule has 0 aliphatic heterocycles. The molecule has 0 spiro atoms. The van der Waals surface area contributed by atoms with Gasteiger partial charge >= 0.3 is 0 Å². The Hall–Kier alpha value is -0.890. The monoisotopic (exact) mass is 210 g/mol. The number of halogens is 1. The molecular formula is C11H15ClN2. The SMILES string of the molecule is Cc1cc(N)c(Cl)cc1NC1CC1C. The van der Waals surface area contributed by atoms with Crippen LogP contribution in [0.5, 0.6) is 0 Å². The predicted molar refractivity (Wildman–Crippen MR) is 61.8 cm³/mol. The Balaban J connectivity index is 2.20. The van der Waals surface area contributed by atoms with E-state index in [9.17, 15) is 0 Å². The average molecular weight is 211 g/mol. The highest BCUT2D eigenvalue weighted by Gasteiger charge is 2.32. The summed E-state index contributed by atoms with van der Waals surface area (Å²) in [6, 6.07) is 4.45. The summed E-state index contributed by atoms with van der Waals surface area (Å²) < 4.78 is 0. The lowest BCUT2D eigenvalue weighted by Crippen LogP contribution is -2.05. The zero-order valence-corrected chi connectivity index (χ0v) is 9.23. The quantitative estimate of drug-likeness (QED) is 0.737. The molecule has 3 heteroatoms. The average Bonchev–Trinajstić information content (AvgIpc) is 2.78. The minimum atomic E-state index is 0.619. The minimum absolute atomic E-state index is 0.619. The highest BCUT2D eigenvalue weighted by molar-refractivity contribution is 6.33. The lowest BCUT2D eigenvalue weighted by molar-refractivity contribution is 0.928. The number of hydrogen-bond acceptors (Lipinski definition) is 2. The first-order valence-corrected chi connectivity index (χ1v) is 5.28. The topological polar surface area (TPSA) is 38.0 Å². The maximum atomic E-state index is 5.96. The van der Waals surface area contributed by atoms with Crippen molar-refractivity contribution in [2.24, 2.45) is 5.92 Å². The molecule has 1 aliphatic rings. The lowest BCUT2D eigenvalue weighted by atomic mass is 10.2. The van der Waals surface area contributed by atoms with Gasteiger partial charge in [0.1, 0.15) is 0 Å². The first kappa shape index (κ1) is 9.66. The molecule has 1 aromatic rings. The molecule has 14 heavy (non-hydrogen) atoms. The summed E-state index contributed by atoms with van der Waals surface area (Å²) in [5.74, 6) is 0.783. The summed E-state index contributed by atoms with van der Waals surface area (Å²) in [4.78, 5) is 0. The van der Waals surface area contributed by atoms with Gasteiger partial charge in [0, 0.05) is 11.7 Å². The van der Waals surface area contributed by atoms with Crippen molar-refractivity contribution in [3.05, 3.63) is 22.7 Å². The predicted octanol–water partition coefficient (Wildman–Crippen LogP) is 3.05. The summed E-state index contributed by atoms with van der Waals surface area (Å²) in [6.45, 7) is 4.29. The number of anilines is 2. The zero-order chi connectivity index (χ0) is 10.3.